The molecule has 21 heavy (non-hydrogen) atoms. The van der Waals surface area contributed by atoms with Crippen molar-refractivity contribution in [3.05, 3.63) is 29.6 Å². The van der Waals surface area contributed by atoms with E-state index < -0.39 is 15.8 Å². The average molecular weight is 335 g/mol. The summed E-state index contributed by atoms with van der Waals surface area (Å²) >= 11 is 0. The highest BCUT2D eigenvalue weighted by atomic mass is 35.5. The van der Waals surface area contributed by atoms with Crippen LogP contribution in [-0.4, -0.2) is 26.5 Å². The van der Waals surface area contributed by atoms with E-state index in [0.29, 0.717) is 17.6 Å². The van der Waals surface area contributed by atoms with Gasteiger partial charge in [0.1, 0.15) is 5.82 Å². The molecule has 2 bridgehead atoms. The lowest BCUT2D eigenvalue weighted by atomic mass is 10.0. The molecule has 0 radical (unpaired) electrons. The van der Waals surface area contributed by atoms with E-state index in [0.717, 1.165) is 25.7 Å². The number of hydrogen-bond donors (Lipinski definition) is 2. The van der Waals surface area contributed by atoms with Crippen LogP contribution in [-0.2, 0) is 10.0 Å². The fourth-order valence-corrected chi connectivity index (χ4v) is 4.84. The minimum absolute atomic E-state index is 0. The minimum Gasteiger partial charge on any atom is -0.311 e. The molecule has 2 heterocycles. The number of sulfonamides is 1. The highest BCUT2D eigenvalue weighted by molar-refractivity contribution is 7.89. The minimum atomic E-state index is -3.57. The Morgan fingerprint density at radius 1 is 1.24 bits per heavy atom. The summed E-state index contributed by atoms with van der Waals surface area (Å²) in [7, 11) is -3.57. The van der Waals surface area contributed by atoms with Crippen LogP contribution in [0.2, 0.25) is 0 Å². The zero-order valence-electron chi connectivity index (χ0n) is 11.8. The van der Waals surface area contributed by atoms with Crippen molar-refractivity contribution < 1.29 is 12.8 Å². The number of hydrogen-bond acceptors (Lipinski definition) is 3. The summed E-state index contributed by atoms with van der Waals surface area (Å²) in [5.41, 5.74) is 0.439. The number of piperidine rings is 1. The van der Waals surface area contributed by atoms with Crippen molar-refractivity contribution in [2.75, 3.05) is 0 Å². The van der Waals surface area contributed by atoms with Crippen LogP contribution in [0.1, 0.15) is 31.2 Å². The highest BCUT2D eigenvalue weighted by Crippen LogP contribution is 2.28. The van der Waals surface area contributed by atoms with Crippen molar-refractivity contribution in [2.45, 2.75) is 55.6 Å². The summed E-state index contributed by atoms with van der Waals surface area (Å²) in [6, 6.07) is 4.60. The number of fused-ring (bicyclic) bond motifs is 2. The molecule has 118 valence electrons. The standard InChI is InChI=1S/C14H19FN2O2S.ClH/c1-9-6-10(15)2-5-14(9)20(18,19)17-13-7-11-3-4-12(8-13)16-11;/h2,5-6,11-13,16-17H,3-4,7-8H2,1H3;1H. The first-order chi connectivity index (χ1) is 9.44. The van der Waals surface area contributed by atoms with E-state index in [1.807, 2.05) is 0 Å². The predicted octanol–water partition coefficient (Wildman–Crippen LogP) is 2.12. The van der Waals surface area contributed by atoms with Crippen LogP contribution in [0.5, 0.6) is 0 Å². The Bertz CT molecular complexity index is 611. The van der Waals surface area contributed by atoms with Crippen LogP contribution >= 0.6 is 12.4 Å². The topological polar surface area (TPSA) is 58.2 Å². The van der Waals surface area contributed by atoms with Gasteiger partial charge in [-0.15, -0.1) is 12.4 Å². The Morgan fingerprint density at radius 3 is 2.43 bits per heavy atom. The third-order valence-corrected chi connectivity index (χ3v) is 5.90. The SMILES string of the molecule is Cc1cc(F)ccc1S(=O)(=O)NC1CC2CCC(C1)N2.Cl. The highest BCUT2D eigenvalue weighted by Gasteiger charge is 2.35. The van der Waals surface area contributed by atoms with Gasteiger partial charge in [0, 0.05) is 18.1 Å². The zero-order chi connectivity index (χ0) is 14.3. The maximum atomic E-state index is 13.1. The molecule has 2 N–H and O–H groups in total. The summed E-state index contributed by atoms with van der Waals surface area (Å²) in [4.78, 5) is 0.171. The molecule has 2 aliphatic rings. The summed E-state index contributed by atoms with van der Waals surface area (Å²) in [5.74, 6) is -0.415. The van der Waals surface area contributed by atoms with Crippen LogP contribution in [0.15, 0.2) is 23.1 Å². The van der Waals surface area contributed by atoms with Crippen molar-refractivity contribution in [3.63, 3.8) is 0 Å². The van der Waals surface area contributed by atoms with Gasteiger partial charge in [0.05, 0.1) is 4.90 Å². The van der Waals surface area contributed by atoms with Crippen LogP contribution in [0.25, 0.3) is 0 Å². The van der Waals surface area contributed by atoms with E-state index in [9.17, 15) is 12.8 Å². The molecule has 4 nitrogen and oxygen atoms in total. The van der Waals surface area contributed by atoms with Gasteiger partial charge in [-0.1, -0.05) is 0 Å². The number of nitrogens with one attached hydrogen (secondary N) is 2. The van der Waals surface area contributed by atoms with E-state index in [1.54, 1.807) is 6.92 Å². The molecule has 0 saturated carbocycles. The molecule has 2 unspecified atom stereocenters. The molecule has 2 saturated heterocycles. The molecule has 7 heteroatoms. The zero-order valence-corrected chi connectivity index (χ0v) is 13.4. The van der Waals surface area contributed by atoms with Gasteiger partial charge in [0.25, 0.3) is 0 Å². The number of benzene rings is 1. The molecule has 0 aliphatic carbocycles. The Kier molecular flexibility index (Phi) is 4.92. The molecule has 1 aromatic carbocycles. The second kappa shape index (κ2) is 6.20. The maximum Gasteiger partial charge on any atom is 0.241 e. The van der Waals surface area contributed by atoms with Gasteiger partial charge in [0.15, 0.2) is 0 Å². The first-order valence-electron chi connectivity index (χ1n) is 6.98. The van der Waals surface area contributed by atoms with Crippen molar-refractivity contribution in [1.29, 1.82) is 0 Å². The monoisotopic (exact) mass is 334 g/mol. The third-order valence-electron chi connectivity index (χ3n) is 4.22. The summed E-state index contributed by atoms with van der Waals surface area (Å²) in [5, 5.41) is 3.48. The molecule has 2 fully saturated rings. The maximum absolute atomic E-state index is 13.1. The van der Waals surface area contributed by atoms with Crippen LogP contribution < -0.4 is 10.0 Å². The van der Waals surface area contributed by atoms with E-state index in [-0.39, 0.29) is 23.3 Å². The van der Waals surface area contributed by atoms with E-state index in [2.05, 4.69) is 10.0 Å². The molecule has 3 rings (SSSR count). The fourth-order valence-electron chi connectivity index (χ4n) is 3.35. The van der Waals surface area contributed by atoms with E-state index in [4.69, 9.17) is 0 Å². The largest absolute Gasteiger partial charge is 0.311 e. The Balaban J connectivity index is 0.00000161. The van der Waals surface area contributed by atoms with E-state index in [1.165, 1.54) is 18.2 Å². The van der Waals surface area contributed by atoms with Crippen molar-refractivity contribution in [2.24, 2.45) is 0 Å². The first-order valence-corrected chi connectivity index (χ1v) is 8.47. The lowest BCUT2D eigenvalue weighted by Gasteiger charge is -2.29. The van der Waals surface area contributed by atoms with Crippen LogP contribution in [0.3, 0.4) is 0 Å². The normalized spacial score (nSPS) is 28.2. The molecule has 2 atom stereocenters. The van der Waals surface area contributed by atoms with E-state index >= 15 is 0 Å². The Labute approximate surface area is 131 Å². The Morgan fingerprint density at radius 2 is 1.86 bits per heavy atom. The van der Waals surface area contributed by atoms with Crippen molar-refractivity contribution >= 4 is 22.4 Å². The first kappa shape index (κ1) is 16.7. The molecule has 2 aliphatic heterocycles. The van der Waals surface area contributed by atoms with Gasteiger partial charge in [-0.2, -0.15) is 0 Å². The van der Waals surface area contributed by atoms with Crippen molar-refractivity contribution in [3.8, 4) is 0 Å². The smallest absolute Gasteiger partial charge is 0.241 e. The molecule has 0 spiro atoms. The lowest BCUT2D eigenvalue weighted by Crippen LogP contribution is -2.48. The second-order valence-corrected chi connectivity index (χ2v) is 7.52. The molecular formula is C14H20ClFN2O2S. The summed E-state index contributed by atoms with van der Waals surface area (Å²) < 4.78 is 40.7. The fraction of sp³-hybridized carbons (Fsp3) is 0.571. The van der Waals surface area contributed by atoms with Gasteiger partial charge in [-0.3, -0.25) is 0 Å². The Hall–Kier alpha value is -0.690. The predicted molar refractivity (Wildman–Crippen MR) is 81.7 cm³/mol. The number of aryl methyl sites for hydroxylation is 1. The summed E-state index contributed by atoms with van der Waals surface area (Å²) in [6.45, 7) is 1.61. The van der Waals surface area contributed by atoms with Gasteiger partial charge in [-0.25, -0.2) is 17.5 Å². The summed E-state index contributed by atoms with van der Waals surface area (Å²) in [6.07, 6.45) is 3.91. The molecular weight excluding hydrogens is 315 g/mol. The van der Waals surface area contributed by atoms with Crippen molar-refractivity contribution in [1.82, 2.24) is 10.0 Å². The molecule has 1 aromatic rings. The van der Waals surface area contributed by atoms with Crippen LogP contribution in [0.4, 0.5) is 4.39 Å². The quantitative estimate of drug-likeness (QED) is 0.890. The van der Waals surface area contributed by atoms with Gasteiger partial charge in [-0.05, 0) is 56.4 Å². The van der Waals surface area contributed by atoms with Gasteiger partial charge in [0.2, 0.25) is 10.0 Å². The van der Waals surface area contributed by atoms with Gasteiger partial charge >= 0.3 is 0 Å². The number of rotatable bonds is 3. The average Bonchev–Trinajstić information content (AvgIpc) is 2.67. The molecule has 0 amide bonds. The van der Waals surface area contributed by atoms with Crippen LogP contribution in [0, 0.1) is 12.7 Å². The third kappa shape index (κ3) is 3.56. The number of halogens is 2. The molecule has 0 aromatic heterocycles. The second-order valence-electron chi connectivity index (χ2n) is 5.84. The van der Waals surface area contributed by atoms with Gasteiger partial charge < -0.3 is 5.32 Å². The lowest BCUT2D eigenvalue weighted by molar-refractivity contribution is 0.345.